The number of rotatable bonds is 45. The third kappa shape index (κ3) is 48.7. The molecule has 10 heteroatoms. The summed E-state index contributed by atoms with van der Waals surface area (Å²) in [6, 6.07) is 0. The third-order valence-corrected chi connectivity index (χ3v) is 11.4. The molecule has 364 valence electrons. The highest BCUT2D eigenvalue weighted by atomic mass is 31.2. The molecule has 0 aliphatic carbocycles. The van der Waals surface area contributed by atoms with Crippen molar-refractivity contribution in [3.63, 3.8) is 0 Å². The molecular formula is C53H94NO8P. The van der Waals surface area contributed by atoms with Crippen LogP contribution in [0, 0.1) is 0 Å². The Balaban J connectivity index is 4.31. The average molecular weight is 904 g/mol. The topological polar surface area (TPSA) is 111 Å². The molecule has 0 aliphatic rings. The molecule has 0 N–H and O–H groups in total. The van der Waals surface area contributed by atoms with Crippen LogP contribution in [0.25, 0.3) is 0 Å². The lowest BCUT2D eigenvalue weighted by molar-refractivity contribution is -0.870. The number of quaternary nitrogens is 1. The number of nitrogens with zero attached hydrogens (tertiary/aromatic N) is 1. The van der Waals surface area contributed by atoms with Crippen molar-refractivity contribution < 1.29 is 42.1 Å². The molecule has 0 rings (SSSR count). The Kier molecular flexibility index (Phi) is 42.8. The summed E-state index contributed by atoms with van der Waals surface area (Å²) >= 11 is 0. The quantitative estimate of drug-likeness (QED) is 0.0195. The van der Waals surface area contributed by atoms with E-state index in [-0.39, 0.29) is 26.1 Å². The monoisotopic (exact) mass is 904 g/mol. The van der Waals surface area contributed by atoms with Gasteiger partial charge in [0.25, 0.3) is 7.82 Å². The first-order valence-corrected chi connectivity index (χ1v) is 26.6. The highest BCUT2D eigenvalue weighted by Gasteiger charge is 2.21. The molecular weight excluding hydrogens is 810 g/mol. The van der Waals surface area contributed by atoms with Gasteiger partial charge in [-0.05, 0) is 83.5 Å². The summed E-state index contributed by atoms with van der Waals surface area (Å²) in [6.07, 6.45) is 56.4. The summed E-state index contributed by atoms with van der Waals surface area (Å²) in [4.78, 5) is 37.7. The molecule has 0 saturated heterocycles. The van der Waals surface area contributed by atoms with Crippen LogP contribution in [0.3, 0.4) is 0 Å². The molecule has 0 heterocycles. The predicted octanol–water partition coefficient (Wildman–Crippen LogP) is 14.3. The first-order chi connectivity index (χ1) is 30.5. The van der Waals surface area contributed by atoms with Crippen LogP contribution in [0.5, 0.6) is 0 Å². The number of carbonyl (C=O) groups excluding carboxylic acids is 2. The van der Waals surface area contributed by atoms with Crippen LogP contribution in [0.4, 0.5) is 0 Å². The maximum absolute atomic E-state index is 12.7. The van der Waals surface area contributed by atoms with Crippen LogP contribution >= 0.6 is 7.82 Å². The van der Waals surface area contributed by atoms with E-state index >= 15 is 0 Å². The molecule has 0 aliphatic heterocycles. The average Bonchev–Trinajstić information content (AvgIpc) is 3.24. The molecule has 63 heavy (non-hydrogen) atoms. The second-order valence-electron chi connectivity index (χ2n) is 17.8. The molecule has 0 aromatic rings. The van der Waals surface area contributed by atoms with E-state index in [1.165, 1.54) is 70.6 Å². The van der Waals surface area contributed by atoms with Crippen LogP contribution in [-0.4, -0.2) is 70.0 Å². The molecule has 0 fully saturated rings. The Bertz CT molecular complexity index is 1300. The van der Waals surface area contributed by atoms with E-state index in [0.29, 0.717) is 23.9 Å². The summed E-state index contributed by atoms with van der Waals surface area (Å²) in [5.74, 6) is -0.859. The number of phosphoric ester groups is 1. The van der Waals surface area contributed by atoms with Gasteiger partial charge in [-0.2, -0.15) is 0 Å². The van der Waals surface area contributed by atoms with Crippen molar-refractivity contribution in [2.75, 3.05) is 47.5 Å². The molecule has 2 atom stereocenters. The fraction of sp³-hybridized carbons (Fsp3) is 0.736. The molecule has 0 radical (unpaired) electrons. The Morgan fingerprint density at radius 3 is 1.37 bits per heavy atom. The van der Waals surface area contributed by atoms with E-state index < -0.39 is 32.5 Å². The fourth-order valence-corrected chi connectivity index (χ4v) is 7.29. The van der Waals surface area contributed by atoms with Gasteiger partial charge in [0.15, 0.2) is 6.10 Å². The minimum Gasteiger partial charge on any atom is -0.756 e. The van der Waals surface area contributed by atoms with Gasteiger partial charge in [0, 0.05) is 12.8 Å². The number of allylic oxidation sites excluding steroid dienone is 12. The minimum absolute atomic E-state index is 0.0377. The molecule has 9 nitrogen and oxygen atoms in total. The first-order valence-electron chi connectivity index (χ1n) is 25.1. The summed E-state index contributed by atoms with van der Waals surface area (Å²) in [7, 11) is 1.14. The summed E-state index contributed by atoms with van der Waals surface area (Å²) in [5, 5.41) is 0. The van der Waals surface area contributed by atoms with E-state index in [9.17, 15) is 19.0 Å². The highest BCUT2D eigenvalue weighted by Crippen LogP contribution is 2.38. The van der Waals surface area contributed by atoms with E-state index in [1.807, 2.05) is 21.1 Å². The van der Waals surface area contributed by atoms with Crippen molar-refractivity contribution in [3.05, 3.63) is 72.9 Å². The number of unbranched alkanes of at least 4 members (excludes halogenated alkanes) is 19. The second kappa shape index (κ2) is 44.6. The van der Waals surface area contributed by atoms with E-state index in [2.05, 4.69) is 86.8 Å². The van der Waals surface area contributed by atoms with Gasteiger partial charge >= 0.3 is 11.9 Å². The number of phosphoric acid groups is 1. The number of likely N-dealkylation sites (N-methyl/N-ethyl adjacent to an activating group) is 1. The maximum atomic E-state index is 12.7. The van der Waals surface area contributed by atoms with Crippen LogP contribution in [0.1, 0.15) is 200 Å². The normalized spacial score (nSPS) is 14.1. The van der Waals surface area contributed by atoms with Crippen molar-refractivity contribution >= 4 is 19.8 Å². The van der Waals surface area contributed by atoms with E-state index in [4.69, 9.17) is 18.5 Å². The smallest absolute Gasteiger partial charge is 0.306 e. The molecule has 0 aromatic heterocycles. The van der Waals surface area contributed by atoms with Gasteiger partial charge in [-0.25, -0.2) is 0 Å². The number of ether oxygens (including phenoxy) is 2. The van der Waals surface area contributed by atoms with E-state index in [0.717, 1.165) is 89.9 Å². The highest BCUT2D eigenvalue weighted by molar-refractivity contribution is 7.45. The maximum Gasteiger partial charge on any atom is 0.306 e. The molecule has 0 aromatic carbocycles. The molecule has 0 spiro atoms. The Morgan fingerprint density at radius 2 is 0.905 bits per heavy atom. The van der Waals surface area contributed by atoms with Crippen LogP contribution < -0.4 is 4.89 Å². The second-order valence-corrected chi connectivity index (χ2v) is 19.2. The van der Waals surface area contributed by atoms with Gasteiger partial charge in [0.1, 0.15) is 19.8 Å². The first kappa shape index (κ1) is 60.5. The molecule has 0 saturated carbocycles. The van der Waals surface area contributed by atoms with Crippen molar-refractivity contribution in [2.24, 2.45) is 0 Å². The Labute approximate surface area is 387 Å². The van der Waals surface area contributed by atoms with Crippen LogP contribution in [0.15, 0.2) is 72.9 Å². The third-order valence-electron chi connectivity index (χ3n) is 10.5. The molecule has 0 bridgehead atoms. The SMILES string of the molecule is CC/C=C\C/C=C\C/C=C\C/C=C\C/C=C\CCCCCCCCCC(=O)OC(COC(=O)CCCCCCC/C=C\CCCCCCCCC)COP(=O)([O-])OCC[N+](C)(C)C. The van der Waals surface area contributed by atoms with Gasteiger partial charge in [-0.1, -0.05) is 177 Å². The van der Waals surface area contributed by atoms with E-state index in [1.54, 1.807) is 0 Å². The number of hydrogen-bond donors (Lipinski definition) is 0. The molecule has 2 unspecified atom stereocenters. The lowest BCUT2D eigenvalue weighted by Gasteiger charge is -2.28. The summed E-state index contributed by atoms with van der Waals surface area (Å²) in [5.41, 5.74) is 0. The van der Waals surface area contributed by atoms with Crippen LogP contribution in [0.2, 0.25) is 0 Å². The summed E-state index contributed by atoms with van der Waals surface area (Å²) < 4.78 is 34.0. The lowest BCUT2D eigenvalue weighted by atomic mass is 10.1. The number of carbonyl (C=O) groups is 2. The van der Waals surface area contributed by atoms with Gasteiger partial charge in [0.05, 0.1) is 27.7 Å². The zero-order chi connectivity index (χ0) is 46.4. The zero-order valence-corrected chi connectivity index (χ0v) is 41.9. The van der Waals surface area contributed by atoms with Crippen molar-refractivity contribution in [3.8, 4) is 0 Å². The minimum atomic E-state index is -4.64. The summed E-state index contributed by atoms with van der Waals surface area (Å²) in [6.45, 7) is 4.09. The Hall–Kier alpha value is -2.55. The van der Waals surface area contributed by atoms with Crippen molar-refractivity contribution in [1.29, 1.82) is 0 Å². The van der Waals surface area contributed by atoms with Gasteiger partial charge in [0.2, 0.25) is 0 Å². The largest absolute Gasteiger partial charge is 0.756 e. The standard InChI is InChI=1S/C53H94NO8P/c1-6-8-10-12-14-16-18-20-22-24-25-26-27-28-29-30-32-34-36-38-40-42-44-46-53(56)62-51(50-61-63(57,58)60-48-47-54(3,4)5)49-59-52(55)45-43-41-39-37-35-33-31-23-21-19-17-15-13-11-9-7-2/h8,10,14,16,20,22-23,25-26,28-29,31,51H,6-7,9,11-13,15,17-19,21,24,27,30,32-50H2,1-5H3/b10-8-,16-14-,22-20-,26-25-,29-28-,31-23-. The zero-order valence-electron chi connectivity index (χ0n) is 41.0. The lowest BCUT2D eigenvalue weighted by Crippen LogP contribution is -2.37. The number of esters is 2. The van der Waals surface area contributed by atoms with Gasteiger partial charge in [-0.3, -0.25) is 14.2 Å². The number of hydrogen-bond acceptors (Lipinski definition) is 8. The Morgan fingerprint density at radius 1 is 0.508 bits per heavy atom. The van der Waals surface area contributed by atoms with Gasteiger partial charge < -0.3 is 27.9 Å². The van der Waals surface area contributed by atoms with Crippen molar-refractivity contribution in [2.45, 2.75) is 206 Å². The fourth-order valence-electron chi connectivity index (χ4n) is 6.56. The van der Waals surface area contributed by atoms with Crippen molar-refractivity contribution in [1.82, 2.24) is 0 Å². The van der Waals surface area contributed by atoms with Crippen LogP contribution in [-0.2, 0) is 32.7 Å². The predicted molar refractivity (Wildman–Crippen MR) is 263 cm³/mol. The molecule has 0 amide bonds. The van der Waals surface area contributed by atoms with Gasteiger partial charge in [-0.15, -0.1) is 0 Å².